The minimum absolute atomic E-state index is 0.171. The number of nitrogens with zero attached hydrogens (tertiary/aromatic N) is 3. The highest BCUT2D eigenvalue weighted by Gasteiger charge is 2.34. The van der Waals surface area contributed by atoms with Gasteiger partial charge in [0.15, 0.2) is 17.2 Å². The first-order chi connectivity index (χ1) is 19.1. The third-order valence-electron chi connectivity index (χ3n) is 7.30. The lowest BCUT2D eigenvalue weighted by atomic mass is 10.0. The Morgan fingerprint density at radius 2 is 1.28 bits per heavy atom. The normalized spacial score (nSPS) is 13.2. The van der Waals surface area contributed by atoms with Gasteiger partial charge < -0.3 is 4.57 Å². The number of fused-ring (bicyclic) bond motifs is 3. The fraction of sp³-hybridized carbons (Fsp3) is 0.0294. The zero-order chi connectivity index (χ0) is 26.5. The van der Waals surface area contributed by atoms with Gasteiger partial charge in [0, 0.05) is 23.9 Å². The average molecular weight is 506 g/mol. The van der Waals surface area contributed by atoms with Crippen LogP contribution in [-0.2, 0) is 7.05 Å². The van der Waals surface area contributed by atoms with Crippen molar-refractivity contribution in [3.05, 3.63) is 137 Å². The van der Waals surface area contributed by atoms with E-state index >= 15 is 0 Å². The van der Waals surface area contributed by atoms with E-state index in [1.165, 1.54) is 0 Å². The summed E-state index contributed by atoms with van der Waals surface area (Å²) >= 11 is 0. The topological polar surface area (TPSA) is 56.9 Å². The number of carbonyl (C=O) groups excluding carboxylic acids is 2. The summed E-state index contributed by atoms with van der Waals surface area (Å²) < 4.78 is 4.03. The molecule has 0 fully saturated rings. The Morgan fingerprint density at radius 1 is 0.692 bits per heavy atom. The molecule has 7 rings (SSSR count). The zero-order valence-corrected chi connectivity index (χ0v) is 21.2. The molecular weight excluding hydrogens is 482 g/mol. The number of carbonyl (C=O) groups is 2. The number of benzene rings is 4. The molecule has 4 aromatic carbocycles. The van der Waals surface area contributed by atoms with Gasteiger partial charge in [-0.1, -0.05) is 78.9 Å². The quantitative estimate of drug-likeness (QED) is 0.189. The van der Waals surface area contributed by atoms with Gasteiger partial charge in [0.1, 0.15) is 5.82 Å². The number of allylic oxidation sites excluding steroid dienone is 1. The van der Waals surface area contributed by atoms with Crippen molar-refractivity contribution in [2.24, 2.45) is 7.05 Å². The second-order valence-corrected chi connectivity index (χ2v) is 9.68. The van der Waals surface area contributed by atoms with Crippen LogP contribution in [0, 0.1) is 0 Å². The van der Waals surface area contributed by atoms with E-state index in [-0.39, 0.29) is 17.1 Å². The van der Waals surface area contributed by atoms with E-state index in [0.717, 1.165) is 44.7 Å². The van der Waals surface area contributed by atoms with Crippen molar-refractivity contribution in [1.82, 2.24) is 14.1 Å². The van der Waals surface area contributed by atoms with Gasteiger partial charge in [0.25, 0.3) is 0 Å². The van der Waals surface area contributed by atoms with Gasteiger partial charge in [-0.3, -0.25) is 14.2 Å². The van der Waals surface area contributed by atoms with Gasteiger partial charge >= 0.3 is 0 Å². The molecule has 0 aliphatic heterocycles. The van der Waals surface area contributed by atoms with Crippen molar-refractivity contribution in [3.63, 3.8) is 0 Å². The SMILES string of the molecule is Cn1c(/C=C/c2ccccc2)nc2c1cc(C=C1C(=O)c3cc4ccccc4cc3C1=O)n2-c1ccccc1. The monoisotopic (exact) mass is 505 g/mol. The molecule has 0 bridgehead atoms. The van der Waals surface area contributed by atoms with Gasteiger partial charge in [-0.15, -0.1) is 0 Å². The van der Waals surface area contributed by atoms with Crippen molar-refractivity contribution in [2.45, 2.75) is 0 Å². The summed E-state index contributed by atoms with van der Waals surface area (Å²) in [6.07, 6.45) is 5.74. The molecule has 0 unspecified atom stereocenters. The maximum atomic E-state index is 13.5. The second kappa shape index (κ2) is 8.92. The zero-order valence-electron chi connectivity index (χ0n) is 21.2. The summed E-state index contributed by atoms with van der Waals surface area (Å²) in [4.78, 5) is 31.9. The molecule has 5 heteroatoms. The Bertz CT molecular complexity index is 1930. The minimum Gasteiger partial charge on any atom is -0.326 e. The number of imidazole rings is 1. The fourth-order valence-corrected chi connectivity index (χ4v) is 5.29. The van der Waals surface area contributed by atoms with Crippen molar-refractivity contribution in [3.8, 4) is 5.69 Å². The molecule has 5 nitrogen and oxygen atoms in total. The summed E-state index contributed by atoms with van der Waals surface area (Å²) in [6, 6.07) is 33.4. The molecule has 186 valence electrons. The molecule has 0 spiro atoms. The first-order valence-electron chi connectivity index (χ1n) is 12.8. The van der Waals surface area contributed by atoms with E-state index in [1.54, 1.807) is 6.08 Å². The fourth-order valence-electron chi connectivity index (χ4n) is 5.29. The second-order valence-electron chi connectivity index (χ2n) is 9.68. The Kier molecular flexibility index (Phi) is 5.23. The highest BCUT2D eigenvalue weighted by Crippen LogP contribution is 2.33. The molecular formula is C34H23N3O2. The van der Waals surface area contributed by atoms with Gasteiger partial charge in [-0.2, -0.15) is 0 Å². The Hall–Kier alpha value is -5.29. The van der Waals surface area contributed by atoms with Crippen molar-refractivity contribution in [2.75, 3.05) is 0 Å². The molecule has 0 saturated heterocycles. The number of rotatable bonds is 4. The first-order valence-corrected chi connectivity index (χ1v) is 12.8. The summed E-state index contributed by atoms with van der Waals surface area (Å²) in [5.41, 5.74) is 5.46. The van der Waals surface area contributed by atoms with E-state index in [4.69, 9.17) is 4.98 Å². The maximum Gasteiger partial charge on any atom is 0.197 e. The van der Waals surface area contributed by atoms with Crippen LogP contribution in [0.25, 0.3) is 45.9 Å². The number of aromatic nitrogens is 3. The van der Waals surface area contributed by atoms with Gasteiger partial charge in [0.2, 0.25) is 0 Å². The van der Waals surface area contributed by atoms with Crippen LogP contribution in [0.15, 0.2) is 109 Å². The molecule has 1 aliphatic carbocycles. The van der Waals surface area contributed by atoms with E-state index in [1.807, 2.05) is 131 Å². The Labute approximate surface area is 225 Å². The third-order valence-corrected chi connectivity index (χ3v) is 7.30. The van der Waals surface area contributed by atoms with Gasteiger partial charge in [0.05, 0.1) is 16.8 Å². The molecule has 2 heterocycles. The van der Waals surface area contributed by atoms with Gasteiger partial charge in [-0.25, -0.2) is 4.98 Å². The number of para-hydroxylation sites is 1. The van der Waals surface area contributed by atoms with E-state index < -0.39 is 0 Å². The van der Waals surface area contributed by atoms with Crippen LogP contribution < -0.4 is 0 Å². The van der Waals surface area contributed by atoms with Crippen molar-refractivity contribution >= 4 is 51.7 Å². The molecule has 6 aromatic rings. The predicted molar refractivity (Wildman–Crippen MR) is 156 cm³/mol. The molecule has 2 aromatic heterocycles. The van der Waals surface area contributed by atoms with Crippen LogP contribution in [0.4, 0.5) is 0 Å². The van der Waals surface area contributed by atoms with Crippen LogP contribution in [0.5, 0.6) is 0 Å². The number of Topliss-reactive ketones (excluding diaryl/α,β-unsaturated/α-hetero) is 2. The van der Waals surface area contributed by atoms with Crippen LogP contribution >= 0.6 is 0 Å². The van der Waals surface area contributed by atoms with E-state index in [9.17, 15) is 9.59 Å². The molecule has 0 saturated carbocycles. The van der Waals surface area contributed by atoms with E-state index in [2.05, 4.69) is 0 Å². The minimum atomic E-state index is -0.245. The average Bonchev–Trinajstić information content (AvgIpc) is 3.56. The highest BCUT2D eigenvalue weighted by molar-refractivity contribution is 6.42. The van der Waals surface area contributed by atoms with Crippen molar-refractivity contribution < 1.29 is 9.59 Å². The Morgan fingerprint density at radius 3 is 1.92 bits per heavy atom. The summed E-state index contributed by atoms with van der Waals surface area (Å²) in [5, 5.41) is 1.88. The molecule has 0 atom stereocenters. The van der Waals surface area contributed by atoms with Crippen LogP contribution in [0.2, 0.25) is 0 Å². The smallest absolute Gasteiger partial charge is 0.197 e. The summed E-state index contributed by atoms with van der Waals surface area (Å²) in [5.74, 6) is 0.315. The van der Waals surface area contributed by atoms with Crippen LogP contribution in [0.1, 0.15) is 37.8 Å². The maximum absolute atomic E-state index is 13.5. The lowest BCUT2D eigenvalue weighted by Crippen LogP contribution is -2.03. The highest BCUT2D eigenvalue weighted by atomic mass is 16.2. The number of hydrogen-bond donors (Lipinski definition) is 0. The Balaban J connectivity index is 1.37. The molecule has 1 aliphatic rings. The number of ketones is 2. The number of aryl methyl sites for hydroxylation is 1. The third kappa shape index (κ3) is 3.75. The largest absolute Gasteiger partial charge is 0.326 e. The predicted octanol–water partition coefficient (Wildman–Crippen LogP) is 7.15. The molecule has 0 N–H and O–H groups in total. The van der Waals surface area contributed by atoms with Crippen molar-refractivity contribution in [1.29, 1.82) is 0 Å². The first kappa shape index (κ1) is 22.9. The number of hydrogen-bond acceptors (Lipinski definition) is 3. The standard InChI is InChI=1S/C34H23N3O2/c1-36-30-21-26(20-29-32(38)27-18-23-12-8-9-13-24(23)19-28(27)33(29)39)37(25-14-6-3-7-15-25)34(30)35-31(36)17-16-22-10-4-2-5-11-22/h2-21H,1H3/b17-16+. The van der Waals surface area contributed by atoms with Crippen LogP contribution in [-0.4, -0.2) is 25.7 Å². The summed E-state index contributed by atoms with van der Waals surface area (Å²) in [6.45, 7) is 0. The lowest BCUT2D eigenvalue weighted by Gasteiger charge is -2.07. The summed E-state index contributed by atoms with van der Waals surface area (Å²) in [7, 11) is 1.97. The van der Waals surface area contributed by atoms with E-state index in [0.29, 0.717) is 11.1 Å². The lowest BCUT2D eigenvalue weighted by molar-refractivity contribution is 0.0990. The van der Waals surface area contributed by atoms with Crippen LogP contribution in [0.3, 0.4) is 0 Å². The van der Waals surface area contributed by atoms with Gasteiger partial charge in [-0.05, 0) is 58.8 Å². The molecule has 39 heavy (non-hydrogen) atoms. The molecule has 0 amide bonds. The molecule has 0 radical (unpaired) electrons.